The first kappa shape index (κ1) is 12.5. The molecule has 0 saturated carbocycles. The Labute approximate surface area is 95.6 Å². The van der Waals surface area contributed by atoms with Gasteiger partial charge in [0.15, 0.2) is 5.16 Å². The zero-order chi connectivity index (χ0) is 11.1. The van der Waals surface area contributed by atoms with Gasteiger partial charge < -0.3 is 10.3 Å². The van der Waals surface area contributed by atoms with Crippen molar-refractivity contribution in [3.05, 3.63) is 5.82 Å². The number of hydrogen-bond acceptors (Lipinski definition) is 4. The molecule has 0 aliphatic heterocycles. The maximum Gasteiger partial charge on any atom is 0.191 e. The predicted molar refractivity (Wildman–Crippen MR) is 63.8 cm³/mol. The van der Waals surface area contributed by atoms with Crippen LogP contribution in [0, 0.1) is 0 Å². The van der Waals surface area contributed by atoms with E-state index in [1.807, 2.05) is 0 Å². The molecule has 1 aromatic heterocycles. The Bertz CT molecular complexity index is 285. The van der Waals surface area contributed by atoms with E-state index in [4.69, 9.17) is 5.73 Å². The van der Waals surface area contributed by atoms with Gasteiger partial charge in [-0.05, 0) is 13.3 Å². The third kappa shape index (κ3) is 3.50. The number of nitrogens with zero attached hydrogens (tertiary/aromatic N) is 3. The molecule has 0 bridgehead atoms. The molecular weight excluding hydrogens is 208 g/mol. The van der Waals surface area contributed by atoms with Crippen molar-refractivity contribution in [1.29, 1.82) is 0 Å². The van der Waals surface area contributed by atoms with Crippen LogP contribution in [0.15, 0.2) is 5.16 Å². The van der Waals surface area contributed by atoms with Gasteiger partial charge in [-0.2, -0.15) is 0 Å². The monoisotopic (exact) mass is 228 g/mol. The van der Waals surface area contributed by atoms with Crippen molar-refractivity contribution >= 4 is 11.8 Å². The van der Waals surface area contributed by atoms with Gasteiger partial charge in [-0.25, -0.2) is 0 Å². The standard InChI is InChI=1S/C10H20N4S/c1-3-5-6-7-15-10-13-12-9(8-11)14(10)4-2/h3-8,11H2,1-2H3. The van der Waals surface area contributed by atoms with Gasteiger partial charge in [-0.1, -0.05) is 31.5 Å². The van der Waals surface area contributed by atoms with E-state index in [2.05, 4.69) is 28.6 Å². The first-order valence-corrected chi connectivity index (χ1v) is 6.57. The second-order valence-corrected chi connectivity index (χ2v) is 4.46. The molecule has 0 saturated heterocycles. The zero-order valence-corrected chi connectivity index (χ0v) is 10.4. The average Bonchev–Trinajstić information content (AvgIpc) is 2.66. The van der Waals surface area contributed by atoms with Crippen LogP contribution in [-0.4, -0.2) is 20.5 Å². The van der Waals surface area contributed by atoms with Crippen molar-refractivity contribution in [1.82, 2.24) is 14.8 Å². The minimum Gasteiger partial charge on any atom is -0.324 e. The fraction of sp³-hybridized carbons (Fsp3) is 0.800. The lowest BCUT2D eigenvalue weighted by atomic mass is 10.3. The molecule has 0 unspecified atom stereocenters. The van der Waals surface area contributed by atoms with Gasteiger partial charge in [0, 0.05) is 12.3 Å². The third-order valence-corrected chi connectivity index (χ3v) is 3.32. The maximum atomic E-state index is 5.58. The van der Waals surface area contributed by atoms with Crippen LogP contribution in [-0.2, 0) is 13.1 Å². The molecule has 1 rings (SSSR count). The van der Waals surface area contributed by atoms with Crippen molar-refractivity contribution < 1.29 is 0 Å². The molecule has 86 valence electrons. The predicted octanol–water partition coefficient (Wildman–Crippen LogP) is 2.04. The van der Waals surface area contributed by atoms with Crippen molar-refractivity contribution in [2.75, 3.05) is 5.75 Å². The quantitative estimate of drug-likeness (QED) is 0.573. The van der Waals surface area contributed by atoms with Gasteiger partial charge >= 0.3 is 0 Å². The summed E-state index contributed by atoms with van der Waals surface area (Å²) in [6, 6.07) is 0. The van der Waals surface area contributed by atoms with Crippen molar-refractivity contribution in [3.8, 4) is 0 Å². The Morgan fingerprint density at radius 3 is 2.67 bits per heavy atom. The van der Waals surface area contributed by atoms with Crippen molar-refractivity contribution in [2.45, 2.75) is 51.4 Å². The van der Waals surface area contributed by atoms with Crippen molar-refractivity contribution in [3.63, 3.8) is 0 Å². The number of unbranched alkanes of at least 4 members (excludes halogenated alkanes) is 2. The summed E-state index contributed by atoms with van der Waals surface area (Å²) in [6.45, 7) is 5.68. The Morgan fingerprint density at radius 2 is 2.07 bits per heavy atom. The normalized spacial score (nSPS) is 10.9. The van der Waals surface area contributed by atoms with Gasteiger partial charge in [0.1, 0.15) is 5.82 Å². The highest BCUT2D eigenvalue weighted by atomic mass is 32.2. The number of rotatable bonds is 7. The lowest BCUT2D eigenvalue weighted by Gasteiger charge is -2.05. The summed E-state index contributed by atoms with van der Waals surface area (Å²) in [5.41, 5.74) is 5.58. The van der Waals surface area contributed by atoms with E-state index in [1.54, 1.807) is 11.8 Å². The van der Waals surface area contributed by atoms with Gasteiger partial charge in [-0.3, -0.25) is 0 Å². The fourth-order valence-corrected chi connectivity index (χ4v) is 2.43. The SMILES string of the molecule is CCCCCSc1nnc(CN)n1CC. The highest BCUT2D eigenvalue weighted by Crippen LogP contribution is 2.18. The molecule has 0 amide bonds. The first-order valence-electron chi connectivity index (χ1n) is 5.58. The van der Waals surface area contributed by atoms with Crippen LogP contribution in [0.3, 0.4) is 0 Å². The van der Waals surface area contributed by atoms with Crippen LogP contribution in [0.2, 0.25) is 0 Å². The number of thioether (sulfide) groups is 1. The van der Waals surface area contributed by atoms with E-state index in [0.717, 1.165) is 23.3 Å². The molecule has 0 radical (unpaired) electrons. The molecule has 1 heterocycles. The topological polar surface area (TPSA) is 56.7 Å². The number of nitrogens with two attached hydrogens (primary N) is 1. The second-order valence-electron chi connectivity index (χ2n) is 3.40. The average molecular weight is 228 g/mol. The number of aromatic nitrogens is 3. The summed E-state index contributed by atoms with van der Waals surface area (Å²) in [4.78, 5) is 0. The van der Waals surface area contributed by atoms with Gasteiger partial charge in [0.05, 0.1) is 6.54 Å². The maximum absolute atomic E-state index is 5.58. The highest BCUT2D eigenvalue weighted by molar-refractivity contribution is 7.99. The van der Waals surface area contributed by atoms with Crippen LogP contribution in [0.5, 0.6) is 0 Å². The highest BCUT2D eigenvalue weighted by Gasteiger charge is 2.08. The van der Waals surface area contributed by atoms with E-state index in [0.29, 0.717) is 6.54 Å². The zero-order valence-electron chi connectivity index (χ0n) is 9.57. The summed E-state index contributed by atoms with van der Waals surface area (Å²) in [7, 11) is 0. The van der Waals surface area contributed by atoms with E-state index < -0.39 is 0 Å². The minimum atomic E-state index is 0.469. The number of hydrogen-bond donors (Lipinski definition) is 1. The van der Waals surface area contributed by atoms with Gasteiger partial charge in [0.2, 0.25) is 0 Å². The van der Waals surface area contributed by atoms with Crippen LogP contribution in [0.4, 0.5) is 0 Å². The molecule has 0 aliphatic rings. The molecule has 0 atom stereocenters. The summed E-state index contributed by atoms with van der Waals surface area (Å²) < 4.78 is 2.09. The molecule has 0 fully saturated rings. The van der Waals surface area contributed by atoms with Crippen LogP contribution in [0.25, 0.3) is 0 Å². The molecule has 5 heteroatoms. The van der Waals surface area contributed by atoms with E-state index in [1.165, 1.54) is 19.3 Å². The molecule has 1 aromatic rings. The lowest BCUT2D eigenvalue weighted by Crippen LogP contribution is -2.08. The van der Waals surface area contributed by atoms with Crippen LogP contribution in [0.1, 0.15) is 38.9 Å². The summed E-state index contributed by atoms with van der Waals surface area (Å²) in [6.07, 6.45) is 3.79. The second kappa shape index (κ2) is 6.85. The van der Waals surface area contributed by atoms with Crippen molar-refractivity contribution in [2.24, 2.45) is 5.73 Å². The Balaban J connectivity index is 2.49. The third-order valence-electron chi connectivity index (χ3n) is 2.27. The molecule has 4 nitrogen and oxygen atoms in total. The van der Waals surface area contributed by atoms with Gasteiger partial charge in [0.25, 0.3) is 0 Å². The van der Waals surface area contributed by atoms with E-state index in [-0.39, 0.29) is 0 Å². The van der Waals surface area contributed by atoms with Gasteiger partial charge in [-0.15, -0.1) is 10.2 Å². The first-order chi connectivity index (χ1) is 7.33. The smallest absolute Gasteiger partial charge is 0.191 e. The molecule has 0 aromatic carbocycles. The Kier molecular flexibility index (Phi) is 5.71. The Morgan fingerprint density at radius 1 is 1.27 bits per heavy atom. The molecular formula is C10H20N4S. The molecule has 0 spiro atoms. The summed E-state index contributed by atoms with van der Waals surface area (Å²) in [5.74, 6) is 2.01. The Hall–Kier alpha value is -0.550. The summed E-state index contributed by atoms with van der Waals surface area (Å²) in [5, 5.41) is 9.23. The largest absolute Gasteiger partial charge is 0.324 e. The summed E-state index contributed by atoms with van der Waals surface area (Å²) >= 11 is 1.78. The molecule has 2 N–H and O–H groups in total. The lowest BCUT2D eigenvalue weighted by molar-refractivity contribution is 0.642. The van der Waals surface area contributed by atoms with E-state index >= 15 is 0 Å². The van der Waals surface area contributed by atoms with Crippen LogP contribution >= 0.6 is 11.8 Å². The fourth-order valence-electron chi connectivity index (χ4n) is 1.41. The minimum absolute atomic E-state index is 0.469. The van der Waals surface area contributed by atoms with Crippen LogP contribution < -0.4 is 5.73 Å². The van der Waals surface area contributed by atoms with E-state index in [9.17, 15) is 0 Å². The molecule has 0 aliphatic carbocycles. The molecule has 15 heavy (non-hydrogen) atoms.